The van der Waals surface area contributed by atoms with Crippen molar-refractivity contribution >= 4 is 11.8 Å². The first-order chi connectivity index (χ1) is 12.4. The molecule has 1 aromatic rings. The molecule has 1 aromatic carbocycles. The van der Waals surface area contributed by atoms with E-state index in [1.807, 2.05) is 24.0 Å². The SMILES string of the molecule is CCN(C)C(=O)[C@@H]1[C@@H]2C=C[C@@]3(CN(CCc4ccc(C)cc4)C(=O)[C@@H]13)O2. The van der Waals surface area contributed by atoms with Crippen LogP contribution in [0.25, 0.3) is 0 Å². The fraction of sp³-hybridized carbons (Fsp3) is 0.524. The molecule has 5 heteroatoms. The summed E-state index contributed by atoms with van der Waals surface area (Å²) in [5.74, 6) is -0.687. The number of likely N-dealkylation sites (tertiary alicyclic amines) is 1. The lowest BCUT2D eigenvalue weighted by molar-refractivity contribution is -0.142. The second-order valence-electron chi connectivity index (χ2n) is 7.75. The first-order valence-corrected chi connectivity index (χ1v) is 9.41. The maximum atomic E-state index is 13.1. The third-order valence-electron chi connectivity index (χ3n) is 6.11. The van der Waals surface area contributed by atoms with Gasteiger partial charge in [0, 0.05) is 20.1 Å². The molecule has 2 amide bonds. The Hall–Kier alpha value is -2.14. The van der Waals surface area contributed by atoms with Gasteiger partial charge in [0.05, 0.1) is 24.5 Å². The van der Waals surface area contributed by atoms with Crippen LogP contribution in [0.3, 0.4) is 0 Å². The lowest BCUT2D eigenvalue weighted by Crippen LogP contribution is -2.44. The molecule has 0 aliphatic carbocycles. The average Bonchev–Trinajstić information content (AvgIpc) is 3.28. The van der Waals surface area contributed by atoms with Crippen LogP contribution in [0.1, 0.15) is 18.1 Å². The van der Waals surface area contributed by atoms with Crippen LogP contribution >= 0.6 is 0 Å². The molecule has 2 fully saturated rings. The highest BCUT2D eigenvalue weighted by Gasteiger charge is 2.66. The van der Waals surface area contributed by atoms with Crippen molar-refractivity contribution in [2.45, 2.75) is 32.0 Å². The molecule has 26 heavy (non-hydrogen) atoms. The van der Waals surface area contributed by atoms with E-state index in [0.29, 0.717) is 19.6 Å². The van der Waals surface area contributed by atoms with E-state index in [-0.39, 0.29) is 29.8 Å². The van der Waals surface area contributed by atoms with E-state index in [4.69, 9.17) is 4.74 Å². The van der Waals surface area contributed by atoms with Crippen LogP contribution in [-0.4, -0.2) is 60.0 Å². The van der Waals surface area contributed by atoms with Crippen molar-refractivity contribution in [1.82, 2.24) is 9.80 Å². The lowest BCUT2D eigenvalue weighted by atomic mass is 9.76. The Morgan fingerprint density at radius 1 is 1.35 bits per heavy atom. The van der Waals surface area contributed by atoms with Crippen molar-refractivity contribution in [2.75, 3.05) is 26.7 Å². The monoisotopic (exact) mass is 354 g/mol. The second kappa shape index (κ2) is 6.23. The average molecular weight is 354 g/mol. The number of hydrogen-bond donors (Lipinski definition) is 0. The fourth-order valence-electron chi connectivity index (χ4n) is 4.48. The molecule has 3 heterocycles. The van der Waals surface area contributed by atoms with Crippen LogP contribution in [-0.2, 0) is 20.7 Å². The van der Waals surface area contributed by atoms with Gasteiger partial charge < -0.3 is 14.5 Å². The summed E-state index contributed by atoms with van der Waals surface area (Å²) in [7, 11) is 1.79. The van der Waals surface area contributed by atoms with Crippen LogP contribution < -0.4 is 0 Å². The Balaban J connectivity index is 1.50. The largest absolute Gasteiger partial charge is 0.360 e. The smallest absolute Gasteiger partial charge is 0.230 e. The number of carbonyl (C=O) groups is 2. The third-order valence-corrected chi connectivity index (χ3v) is 6.11. The summed E-state index contributed by atoms with van der Waals surface area (Å²) in [5, 5.41) is 0. The minimum atomic E-state index is -0.607. The highest BCUT2D eigenvalue weighted by atomic mass is 16.5. The third kappa shape index (κ3) is 2.57. The minimum Gasteiger partial charge on any atom is -0.360 e. The van der Waals surface area contributed by atoms with E-state index >= 15 is 0 Å². The van der Waals surface area contributed by atoms with Gasteiger partial charge in [-0.3, -0.25) is 9.59 Å². The summed E-state index contributed by atoms with van der Waals surface area (Å²) in [5.41, 5.74) is 1.85. The Kier molecular flexibility index (Phi) is 4.14. The standard InChI is InChI=1S/C21H26N2O3/c1-4-22(3)19(24)17-16-9-11-21(26-16)13-23(20(25)18(17)21)12-10-15-7-5-14(2)6-8-15/h5-9,11,16-18H,4,10,12-13H2,1-3H3/t16-,17+,18+,21-/m0/s1. The van der Waals surface area contributed by atoms with E-state index in [2.05, 4.69) is 31.2 Å². The summed E-state index contributed by atoms with van der Waals surface area (Å²) in [6, 6.07) is 8.41. The maximum absolute atomic E-state index is 13.1. The van der Waals surface area contributed by atoms with Gasteiger partial charge in [0.1, 0.15) is 5.60 Å². The van der Waals surface area contributed by atoms with E-state index in [1.165, 1.54) is 11.1 Å². The number of hydrogen-bond acceptors (Lipinski definition) is 3. The fourth-order valence-corrected chi connectivity index (χ4v) is 4.48. The van der Waals surface area contributed by atoms with Crippen molar-refractivity contribution in [3.63, 3.8) is 0 Å². The number of ether oxygens (including phenoxy) is 1. The lowest BCUT2D eigenvalue weighted by Gasteiger charge is -2.27. The Morgan fingerprint density at radius 3 is 2.77 bits per heavy atom. The second-order valence-corrected chi connectivity index (χ2v) is 7.75. The van der Waals surface area contributed by atoms with Gasteiger partial charge in [-0.15, -0.1) is 0 Å². The van der Waals surface area contributed by atoms with Crippen molar-refractivity contribution in [3.8, 4) is 0 Å². The molecule has 1 spiro atoms. The predicted molar refractivity (Wildman–Crippen MR) is 98.5 cm³/mol. The summed E-state index contributed by atoms with van der Waals surface area (Å²) in [6.45, 7) is 5.86. The number of amides is 2. The maximum Gasteiger partial charge on any atom is 0.230 e. The molecule has 0 aromatic heterocycles. The van der Waals surface area contributed by atoms with Gasteiger partial charge in [-0.25, -0.2) is 0 Å². The zero-order valence-electron chi connectivity index (χ0n) is 15.6. The van der Waals surface area contributed by atoms with E-state index in [0.717, 1.165) is 6.42 Å². The molecule has 3 aliphatic rings. The molecule has 4 rings (SSSR count). The molecule has 0 saturated carbocycles. The van der Waals surface area contributed by atoms with Gasteiger partial charge in [0.2, 0.25) is 11.8 Å². The summed E-state index contributed by atoms with van der Waals surface area (Å²) in [6.07, 6.45) is 4.54. The van der Waals surface area contributed by atoms with Crippen molar-refractivity contribution in [3.05, 3.63) is 47.5 Å². The van der Waals surface area contributed by atoms with Crippen LogP contribution in [0.5, 0.6) is 0 Å². The van der Waals surface area contributed by atoms with Gasteiger partial charge in [0.15, 0.2) is 0 Å². The Morgan fingerprint density at radius 2 is 2.08 bits per heavy atom. The van der Waals surface area contributed by atoms with Gasteiger partial charge in [-0.2, -0.15) is 0 Å². The zero-order valence-corrected chi connectivity index (χ0v) is 15.6. The quantitative estimate of drug-likeness (QED) is 0.758. The predicted octanol–water partition coefficient (Wildman–Crippen LogP) is 1.80. The summed E-state index contributed by atoms with van der Waals surface area (Å²) >= 11 is 0. The number of rotatable bonds is 5. The van der Waals surface area contributed by atoms with Crippen LogP contribution in [0.4, 0.5) is 0 Å². The normalized spacial score (nSPS) is 31.6. The molecule has 0 radical (unpaired) electrons. The highest BCUT2D eigenvalue weighted by molar-refractivity contribution is 5.93. The molecule has 2 bridgehead atoms. The molecule has 2 saturated heterocycles. The molecule has 3 aliphatic heterocycles. The molecule has 5 nitrogen and oxygen atoms in total. The van der Waals surface area contributed by atoms with E-state index in [9.17, 15) is 9.59 Å². The highest BCUT2D eigenvalue weighted by Crippen LogP contribution is 2.52. The molecule has 138 valence electrons. The van der Waals surface area contributed by atoms with Crippen LogP contribution in [0, 0.1) is 18.8 Å². The van der Waals surface area contributed by atoms with Crippen molar-refractivity contribution in [2.24, 2.45) is 11.8 Å². The summed E-state index contributed by atoms with van der Waals surface area (Å²) < 4.78 is 6.16. The molecule has 4 atom stereocenters. The number of nitrogens with zero attached hydrogens (tertiary/aromatic N) is 2. The van der Waals surface area contributed by atoms with Crippen LogP contribution in [0.15, 0.2) is 36.4 Å². The van der Waals surface area contributed by atoms with E-state index < -0.39 is 5.60 Å². The van der Waals surface area contributed by atoms with Gasteiger partial charge in [0.25, 0.3) is 0 Å². The number of carbonyl (C=O) groups excluding carboxylic acids is 2. The van der Waals surface area contributed by atoms with E-state index in [1.54, 1.807) is 11.9 Å². The topological polar surface area (TPSA) is 49.9 Å². The molecule has 0 unspecified atom stereocenters. The van der Waals surface area contributed by atoms with Gasteiger partial charge >= 0.3 is 0 Å². The molecular formula is C21H26N2O3. The molecular weight excluding hydrogens is 328 g/mol. The zero-order chi connectivity index (χ0) is 18.5. The summed E-state index contributed by atoms with van der Waals surface area (Å²) in [4.78, 5) is 29.5. The van der Waals surface area contributed by atoms with Gasteiger partial charge in [-0.1, -0.05) is 42.0 Å². The number of benzene rings is 1. The van der Waals surface area contributed by atoms with Crippen molar-refractivity contribution in [1.29, 1.82) is 0 Å². The first-order valence-electron chi connectivity index (χ1n) is 9.41. The minimum absolute atomic E-state index is 0.0162. The number of aryl methyl sites for hydroxylation is 1. The van der Waals surface area contributed by atoms with Crippen LogP contribution in [0.2, 0.25) is 0 Å². The van der Waals surface area contributed by atoms with Crippen molar-refractivity contribution < 1.29 is 14.3 Å². The first kappa shape index (κ1) is 17.3. The Bertz CT molecular complexity index is 757. The molecule has 0 N–H and O–H groups in total. The Labute approximate surface area is 154 Å². The number of fused-ring (bicyclic) bond motifs is 1. The van der Waals surface area contributed by atoms with Gasteiger partial charge in [-0.05, 0) is 25.8 Å².